The van der Waals surface area contributed by atoms with Crippen LogP contribution < -0.4 is 0 Å². The van der Waals surface area contributed by atoms with Gasteiger partial charge in [0.2, 0.25) is 5.91 Å². The Bertz CT molecular complexity index is 2100. The summed E-state index contributed by atoms with van der Waals surface area (Å²) in [6.07, 6.45) is 11.5. The van der Waals surface area contributed by atoms with Crippen LogP contribution in [0.2, 0.25) is 0 Å². The SMILES string of the molecule is C=C(C)[C@@H]1CC[C@]2(C(=O)N3C[C@H](OCCOC)C[C@H]3c3ncc(-c4cccc(F)c4)[nH]3)CC[C@]3(C)[C@H](CCC4[C@@]5(C)CC[C@H](OC(=O)CC(C)(C)C(=O)O)C(C)(C)[C@@H]5CC[C@]43C)[C@@H]12. The van der Waals surface area contributed by atoms with Crippen LogP contribution in [0.1, 0.15) is 144 Å². The molecular weight excluding hydrogens is 798 g/mol. The summed E-state index contributed by atoms with van der Waals surface area (Å²) in [5, 5.41) is 9.69. The molecule has 8 rings (SSSR count). The van der Waals surface area contributed by atoms with E-state index < -0.39 is 22.8 Å². The maximum Gasteiger partial charge on any atom is 0.309 e. The number of nitrogens with one attached hydrogen (secondary N) is 1. The average molecular weight is 872 g/mol. The largest absolute Gasteiger partial charge is 0.481 e. The highest BCUT2D eigenvalue weighted by Gasteiger charge is 2.72. The monoisotopic (exact) mass is 872 g/mol. The van der Waals surface area contributed by atoms with Crippen LogP contribution in [0.4, 0.5) is 4.39 Å². The fourth-order valence-electron chi connectivity index (χ4n) is 15.6. The number of benzene rings is 1. The molecule has 6 fully saturated rings. The number of rotatable bonds is 12. The fourth-order valence-corrected chi connectivity index (χ4v) is 15.6. The molecule has 1 unspecified atom stereocenters. The second-order valence-corrected chi connectivity index (χ2v) is 22.9. The molecule has 6 aliphatic rings. The van der Waals surface area contributed by atoms with Gasteiger partial charge in [-0.05, 0) is 143 Å². The van der Waals surface area contributed by atoms with Crippen molar-refractivity contribution in [2.24, 2.45) is 62.1 Å². The number of aromatic nitrogens is 2. The molecule has 0 bridgehead atoms. The van der Waals surface area contributed by atoms with Crippen molar-refractivity contribution in [3.63, 3.8) is 0 Å². The maximum absolute atomic E-state index is 15.9. The smallest absolute Gasteiger partial charge is 0.309 e. The average Bonchev–Trinajstić information content (AvgIpc) is 3.97. The lowest BCUT2D eigenvalue weighted by atomic mass is 9.32. The van der Waals surface area contributed by atoms with Crippen LogP contribution in [-0.4, -0.2) is 76.9 Å². The van der Waals surface area contributed by atoms with Gasteiger partial charge in [0, 0.05) is 31.1 Å². The second-order valence-electron chi connectivity index (χ2n) is 22.9. The van der Waals surface area contributed by atoms with Gasteiger partial charge >= 0.3 is 11.9 Å². The molecule has 1 aromatic carbocycles. The molecule has 346 valence electrons. The molecule has 0 spiro atoms. The molecule has 1 amide bonds. The van der Waals surface area contributed by atoms with Gasteiger partial charge in [-0.3, -0.25) is 14.4 Å². The summed E-state index contributed by atoms with van der Waals surface area (Å²) in [7, 11) is 1.67. The summed E-state index contributed by atoms with van der Waals surface area (Å²) in [5.74, 6) is 0.858. The summed E-state index contributed by atoms with van der Waals surface area (Å²) in [4.78, 5) is 51.4. The molecule has 1 aromatic heterocycles. The molecule has 2 N–H and O–H groups in total. The molecule has 2 heterocycles. The van der Waals surface area contributed by atoms with E-state index in [2.05, 4.69) is 58.0 Å². The molecular formula is C52H74FN3O7. The number of methoxy groups -OCH3 is 1. The van der Waals surface area contributed by atoms with Crippen LogP contribution in [0, 0.1) is 67.9 Å². The number of carboxylic acids is 1. The van der Waals surface area contributed by atoms with E-state index in [4.69, 9.17) is 19.2 Å². The number of imidazole rings is 1. The lowest BCUT2D eigenvalue weighted by Gasteiger charge is -2.73. The lowest BCUT2D eigenvalue weighted by molar-refractivity contribution is -0.250. The van der Waals surface area contributed by atoms with Gasteiger partial charge in [0.1, 0.15) is 17.7 Å². The molecule has 1 saturated heterocycles. The van der Waals surface area contributed by atoms with Gasteiger partial charge in [-0.25, -0.2) is 9.37 Å². The zero-order valence-electron chi connectivity index (χ0n) is 39.5. The van der Waals surface area contributed by atoms with Crippen LogP contribution in [0.3, 0.4) is 0 Å². The van der Waals surface area contributed by atoms with E-state index in [0.29, 0.717) is 55.3 Å². The number of H-pyrrole nitrogens is 1. The number of carbonyl (C=O) groups is 3. The van der Waals surface area contributed by atoms with Gasteiger partial charge in [0.15, 0.2) is 0 Å². The van der Waals surface area contributed by atoms with Crippen molar-refractivity contribution in [3.8, 4) is 11.3 Å². The highest BCUT2D eigenvalue weighted by atomic mass is 19.1. The minimum atomic E-state index is -1.18. The van der Waals surface area contributed by atoms with E-state index >= 15 is 4.79 Å². The van der Waals surface area contributed by atoms with Gasteiger partial charge in [0.25, 0.3) is 0 Å². The number of ether oxygens (including phenoxy) is 3. The quantitative estimate of drug-likeness (QED) is 0.122. The third kappa shape index (κ3) is 7.41. The Morgan fingerprint density at radius 1 is 0.968 bits per heavy atom. The number of carbonyl (C=O) groups excluding carboxylic acids is 2. The number of aliphatic carboxylic acids is 1. The maximum atomic E-state index is 15.9. The van der Waals surface area contributed by atoms with Crippen molar-refractivity contribution >= 4 is 17.8 Å². The normalized spacial score (nSPS) is 38.2. The van der Waals surface area contributed by atoms with Crippen molar-refractivity contribution in [2.75, 3.05) is 26.9 Å². The molecule has 63 heavy (non-hydrogen) atoms. The first-order valence-electron chi connectivity index (χ1n) is 23.9. The van der Waals surface area contributed by atoms with Crippen LogP contribution in [0.25, 0.3) is 11.3 Å². The van der Waals surface area contributed by atoms with E-state index in [0.717, 1.165) is 69.9 Å². The fraction of sp³-hybridized carbons (Fsp3) is 0.731. The van der Waals surface area contributed by atoms with Crippen molar-refractivity contribution in [2.45, 2.75) is 151 Å². The predicted octanol–water partition coefficient (Wildman–Crippen LogP) is 10.6. The van der Waals surface area contributed by atoms with E-state index in [1.165, 1.54) is 17.7 Å². The van der Waals surface area contributed by atoms with E-state index in [1.807, 2.05) is 6.07 Å². The Morgan fingerprint density at radius 2 is 1.73 bits per heavy atom. The van der Waals surface area contributed by atoms with Gasteiger partial charge in [-0.1, -0.05) is 58.9 Å². The summed E-state index contributed by atoms with van der Waals surface area (Å²) >= 11 is 0. The molecule has 10 nitrogen and oxygen atoms in total. The Kier molecular flexibility index (Phi) is 12.0. The van der Waals surface area contributed by atoms with Gasteiger partial charge in [-0.2, -0.15) is 0 Å². The van der Waals surface area contributed by atoms with Gasteiger partial charge in [0.05, 0.1) is 54.5 Å². The number of hydrogen-bond acceptors (Lipinski definition) is 7. The van der Waals surface area contributed by atoms with Crippen LogP contribution in [0.15, 0.2) is 42.6 Å². The van der Waals surface area contributed by atoms with Crippen molar-refractivity contribution in [1.29, 1.82) is 0 Å². The molecule has 2 aromatic rings. The Hall–Kier alpha value is -3.57. The molecule has 1 aliphatic heterocycles. The summed E-state index contributed by atoms with van der Waals surface area (Å²) in [6, 6.07) is 6.20. The van der Waals surface area contributed by atoms with Crippen molar-refractivity contribution < 1.29 is 38.1 Å². The van der Waals surface area contributed by atoms with E-state index in [9.17, 15) is 19.1 Å². The zero-order chi connectivity index (χ0) is 45.5. The van der Waals surface area contributed by atoms with Gasteiger partial charge in [-0.15, -0.1) is 0 Å². The van der Waals surface area contributed by atoms with Crippen LogP contribution in [-0.2, 0) is 28.6 Å². The lowest BCUT2D eigenvalue weighted by Crippen LogP contribution is -2.67. The van der Waals surface area contributed by atoms with Gasteiger partial charge < -0.3 is 29.2 Å². The van der Waals surface area contributed by atoms with Crippen LogP contribution in [0.5, 0.6) is 0 Å². The Labute approximate surface area is 374 Å². The first kappa shape index (κ1) is 46.0. The number of hydrogen-bond donors (Lipinski definition) is 2. The molecule has 5 saturated carbocycles. The minimum absolute atomic E-state index is 0.0172. The molecule has 11 heteroatoms. The number of allylic oxidation sites excluding steroid dienone is 1. The number of halogens is 1. The highest BCUT2D eigenvalue weighted by molar-refractivity contribution is 5.85. The summed E-state index contributed by atoms with van der Waals surface area (Å²) in [5.41, 5.74) is 0.791. The number of fused-ring (bicyclic) bond motifs is 7. The standard InChI is InChI=1S/C52H74FN3O7/c1-31(2)35-16-21-52(45(58)56-30-34(62-25-24-61-10)27-38(56)44-54-29-37(55-44)32-12-11-13-33(53)26-32)23-22-50(8)36(43(35)52)14-15-40-49(7)19-18-41(63-42(57)28-47(3,4)46(59)60)48(5,6)39(49)17-20-51(40,50)9/h11-13,26,29,34-36,38-41,43H,1,14-25,27-28,30H2,2-10H3,(H,54,55)(H,59,60)/t34-,35+,36-,38+,39+,40?,41+,43-,49+,50-,51-,52+/m1/s1. The predicted molar refractivity (Wildman–Crippen MR) is 240 cm³/mol. The van der Waals surface area contributed by atoms with E-state index in [1.54, 1.807) is 33.2 Å². The van der Waals surface area contributed by atoms with Crippen molar-refractivity contribution in [1.82, 2.24) is 14.9 Å². The molecule has 12 atom stereocenters. The number of amides is 1. The summed E-state index contributed by atoms with van der Waals surface area (Å²) < 4.78 is 32.2. The first-order chi connectivity index (χ1) is 29.6. The first-order valence-corrected chi connectivity index (χ1v) is 23.9. The van der Waals surface area contributed by atoms with E-state index in [-0.39, 0.29) is 69.9 Å². The highest BCUT2D eigenvalue weighted by Crippen LogP contribution is 2.78. The number of likely N-dealkylation sites (tertiary alicyclic amines) is 1. The Balaban J connectivity index is 1.08. The second kappa shape index (κ2) is 16.4. The Morgan fingerprint density at radius 3 is 2.43 bits per heavy atom. The number of aromatic amines is 1. The van der Waals surface area contributed by atoms with Crippen molar-refractivity contribution in [3.05, 3.63) is 54.3 Å². The summed E-state index contributed by atoms with van der Waals surface area (Å²) in [6.45, 7) is 23.7. The minimum Gasteiger partial charge on any atom is -0.481 e. The van der Waals surface area contributed by atoms with Crippen LogP contribution >= 0.6 is 0 Å². The zero-order valence-corrected chi connectivity index (χ0v) is 39.5. The topological polar surface area (TPSA) is 131 Å². The number of esters is 1. The third-order valence-corrected chi connectivity index (χ3v) is 19.1. The molecule has 5 aliphatic carbocycles. The number of nitrogens with zero attached hydrogens (tertiary/aromatic N) is 2. The molecule has 0 radical (unpaired) electrons. The number of carboxylic acid groups (broad SMARTS) is 1. The third-order valence-electron chi connectivity index (χ3n) is 19.1.